The first-order valence-corrected chi connectivity index (χ1v) is 7.04. The number of hydrogen-bond acceptors (Lipinski definition) is 1. The normalized spacial score (nSPS) is 16.7. The van der Waals surface area contributed by atoms with E-state index in [-0.39, 0.29) is 11.9 Å². The molecule has 2 heteroatoms. The molecular weight excluding hydrogens is 227 g/mol. The van der Waals surface area contributed by atoms with Gasteiger partial charge < -0.3 is 4.74 Å². The molecule has 1 aromatic carbocycles. The third kappa shape index (κ3) is 5.18. The van der Waals surface area contributed by atoms with E-state index < -0.39 is 0 Å². The highest BCUT2D eigenvalue weighted by molar-refractivity contribution is 5.31. The molecule has 1 aliphatic rings. The van der Waals surface area contributed by atoms with Crippen molar-refractivity contribution < 1.29 is 9.13 Å². The average molecular weight is 254 g/mol. The molecule has 1 nitrogen and oxygen atoms in total. The molecule has 0 aromatic heterocycles. The lowest BCUT2D eigenvalue weighted by Gasteiger charge is -2.24. The van der Waals surface area contributed by atoms with Crippen molar-refractivity contribution in [1.29, 1.82) is 0 Å². The van der Waals surface area contributed by atoms with Crippen molar-refractivity contribution in [3.05, 3.63) is 35.1 Å². The number of rotatable bonds is 1. The van der Waals surface area contributed by atoms with Gasteiger partial charge in [-0.1, -0.05) is 40.2 Å². The smallest absolute Gasteiger partial charge is 0.123 e. The largest absolute Gasteiger partial charge is 0.377 e. The van der Waals surface area contributed by atoms with E-state index >= 15 is 0 Å². The van der Waals surface area contributed by atoms with E-state index in [1.165, 1.54) is 12.5 Å². The van der Waals surface area contributed by atoms with Gasteiger partial charge in [0, 0.05) is 7.11 Å². The summed E-state index contributed by atoms with van der Waals surface area (Å²) in [5.74, 6) is -0.143. The summed E-state index contributed by atoms with van der Waals surface area (Å²) in [6.07, 6.45) is 4.54. The first-order valence-electron chi connectivity index (χ1n) is 7.04. The lowest BCUT2D eigenvalue weighted by Crippen LogP contribution is -2.11. The summed E-state index contributed by atoms with van der Waals surface area (Å²) in [4.78, 5) is 0. The second kappa shape index (κ2) is 10.1. The number of ether oxygens (including phenoxy) is 1. The lowest BCUT2D eigenvalue weighted by molar-refractivity contribution is 0.0880. The number of methoxy groups -OCH3 is 1. The third-order valence-electron chi connectivity index (χ3n) is 2.65. The molecule has 0 saturated carbocycles. The molecule has 0 fully saturated rings. The topological polar surface area (TPSA) is 9.23 Å². The summed E-state index contributed by atoms with van der Waals surface area (Å²) in [5.41, 5.74) is 2.27. The zero-order valence-corrected chi connectivity index (χ0v) is 12.4. The maximum atomic E-state index is 12.9. The van der Waals surface area contributed by atoms with Crippen LogP contribution in [0, 0.1) is 5.82 Å². The number of hydrogen-bond donors (Lipinski definition) is 0. The summed E-state index contributed by atoms with van der Waals surface area (Å²) in [6, 6.07) is 4.98. The van der Waals surface area contributed by atoms with Crippen molar-refractivity contribution in [2.75, 3.05) is 7.11 Å². The summed E-state index contributed by atoms with van der Waals surface area (Å²) in [6.45, 7) is 8.25. The van der Waals surface area contributed by atoms with Crippen LogP contribution in [0.1, 0.15) is 64.2 Å². The molecule has 1 atom stereocenters. The average Bonchev–Trinajstić information content (AvgIpc) is 2.41. The molecule has 1 unspecified atom stereocenters. The van der Waals surface area contributed by atoms with Crippen LogP contribution in [0.3, 0.4) is 0 Å². The highest BCUT2D eigenvalue weighted by atomic mass is 19.1. The Hall–Kier alpha value is -0.890. The van der Waals surface area contributed by atoms with Crippen molar-refractivity contribution in [3.8, 4) is 0 Å². The first-order chi connectivity index (χ1) is 8.72. The van der Waals surface area contributed by atoms with Crippen molar-refractivity contribution >= 4 is 0 Å². The van der Waals surface area contributed by atoms with Crippen LogP contribution in [0.4, 0.5) is 4.39 Å². The minimum Gasteiger partial charge on any atom is -0.377 e. The summed E-state index contributed by atoms with van der Waals surface area (Å²) < 4.78 is 18.2. The van der Waals surface area contributed by atoms with Gasteiger partial charge in [-0.3, -0.25) is 0 Å². The van der Waals surface area contributed by atoms with Crippen LogP contribution in [0.15, 0.2) is 18.2 Å². The van der Waals surface area contributed by atoms with E-state index in [1.807, 2.05) is 19.9 Å². The fourth-order valence-electron chi connectivity index (χ4n) is 1.98. The van der Waals surface area contributed by atoms with Gasteiger partial charge >= 0.3 is 0 Å². The van der Waals surface area contributed by atoms with Crippen LogP contribution in [0.25, 0.3) is 0 Å². The molecule has 0 amide bonds. The van der Waals surface area contributed by atoms with Gasteiger partial charge in [0.05, 0.1) is 6.10 Å². The summed E-state index contributed by atoms with van der Waals surface area (Å²) in [5, 5.41) is 0. The van der Waals surface area contributed by atoms with Crippen LogP contribution in [-0.4, -0.2) is 7.11 Å². The van der Waals surface area contributed by atoms with Gasteiger partial charge in [0.1, 0.15) is 5.82 Å². The van der Waals surface area contributed by atoms with Gasteiger partial charge in [-0.25, -0.2) is 4.39 Å². The highest BCUT2D eigenvalue weighted by Crippen LogP contribution is 2.32. The minimum atomic E-state index is -0.143. The minimum absolute atomic E-state index is 0.143. The Bertz CT molecular complexity index is 323. The Morgan fingerprint density at radius 3 is 2.44 bits per heavy atom. The molecule has 104 valence electrons. The Morgan fingerprint density at radius 2 is 1.89 bits per heavy atom. The fraction of sp³-hybridized carbons (Fsp3) is 0.625. The number of fused-ring (bicyclic) bond motifs is 1. The SMILES string of the molecule is CC.CCC.COC1CCCc2cc(F)ccc21. The molecule has 1 aromatic rings. The van der Waals surface area contributed by atoms with Crippen molar-refractivity contribution in [2.24, 2.45) is 0 Å². The van der Waals surface area contributed by atoms with E-state index in [1.54, 1.807) is 13.2 Å². The zero-order valence-electron chi connectivity index (χ0n) is 12.4. The molecule has 0 spiro atoms. The predicted octanol–water partition coefficient (Wildman–Crippen LogP) is 5.29. The second-order valence-electron chi connectivity index (χ2n) is 4.17. The van der Waals surface area contributed by atoms with Crippen LogP contribution >= 0.6 is 0 Å². The Morgan fingerprint density at radius 1 is 1.28 bits per heavy atom. The highest BCUT2D eigenvalue weighted by Gasteiger charge is 2.19. The first kappa shape index (κ1) is 17.1. The van der Waals surface area contributed by atoms with Gasteiger partial charge in [0.2, 0.25) is 0 Å². The maximum absolute atomic E-state index is 12.9. The molecule has 18 heavy (non-hydrogen) atoms. The summed E-state index contributed by atoms with van der Waals surface area (Å²) in [7, 11) is 1.71. The van der Waals surface area contributed by atoms with Crippen molar-refractivity contribution in [1.82, 2.24) is 0 Å². The van der Waals surface area contributed by atoms with Crippen LogP contribution < -0.4 is 0 Å². The third-order valence-corrected chi connectivity index (χ3v) is 2.65. The second-order valence-corrected chi connectivity index (χ2v) is 4.17. The Balaban J connectivity index is 0.000000509. The molecule has 0 aliphatic heterocycles. The quantitative estimate of drug-likeness (QED) is 0.661. The van der Waals surface area contributed by atoms with Crippen LogP contribution in [0.5, 0.6) is 0 Å². The Kier molecular flexibility index (Phi) is 9.57. The molecule has 2 rings (SSSR count). The van der Waals surface area contributed by atoms with Crippen molar-refractivity contribution in [3.63, 3.8) is 0 Å². The fourth-order valence-corrected chi connectivity index (χ4v) is 1.98. The van der Waals surface area contributed by atoms with Gasteiger partial charge in [0.25, 0.3) is 0 Å². The van der Waals surface area contributed by atoms with E-state index in [4.69, 9.17) is 4.74 Å². The molecule has 0 heterocycles. The Labute approximate surface area is 111 Å². The van der Waals surface area contributed by atoms with E-state index in [9.17, 15) is 4.39 Å². The molecular formula is C16H27FO. The van der Waals surface area contributed by atoms with E-state index in [0.29, 0.717) is 0 Å². The van der Waals surface area contributed by atoms with Gasteiger partial charge in [0.15, 0.2) is 0 Å². The zero-order chi connectivity index (χ0) is 14.0. The lowest BCUT2D eigenvalue weighted by atomic mass is 9.89. The number of aryl methyl sites for hydroxylation is 1. The number of benzene rings is 1. The molecule has 0 bridgehead atoms. The molecule has 1 aliphatic carbocycles. The summed E-state index contributed by atoms with van der Waals surface area (Å²) >= 11 is 0. The monoisotopic (exact) mass is 254 g/mol. The predicted molar refractivity (Wildman–Crippen MR) is 76.4 cm³/mol. The van der Waals surface area contributed by atoms with Crippen LogP contribution in [0.2, 0.25) is 0 Å². The van der Waals surface area contributed by atoms with Crippen LogP contribution in [-0.2, 0) is 11.2 Å². The van der Waals surface area contributed by atoms with Crippen molar-refractivity contribution in [2.45, 2.75) is 59.5 Å². The van der Waals surface area contributed by atoms with E-state index in [0.717, 1.165) is 30.4 Å². The molecule has 0 saturated heterocycles. The molecule has 0 N–H and O–H groups in total. The van der Waals surface area contributed by atoms with Gasteiger partial charge in [-0.15, -0.1) is 0 Å². The maximum Gasteiger partial charge on any atom is 0.123 e. The van der Waals surface area contributed by atoms with Gasteiger partial charge in [-0.05, 0) is 42.5 Å². The van der Waals surface area contributed by atoms with Gasteiger partial charge in [-0.2, -0.15) is 0 Å². The molecule has 0 radical (unpaired) electrons. The van der Waals surface area contributed by atoms with E-state index in [2.05, 4.69) is 13.8 Å². The standard InChI is InChI=1S/C11H13FO.C3H8.C2H6/c1-13-11-4-2-3-8-7-9(12)5-6-10(8)11;1-3-2;1-2/h5-7,11H,2-4H2,1H3;3H2,1-2H3;1-2H3. The number of halogens is 1.